The van der Waals surface area contributed by atoms with E-state index in [1.54, 1.807) is 0 Å². The monoisotopic (exact) mass is 257 g/mol. The van der Waals surface area contributed by atoms with Gasteiger partial charge in [0, 0.05) is 19.0 Å². The highest BCUT2D eigenvalue weighted by atomic mass is 15.0. The van der Waals surface area contributed by atoms with Crippen molar-refractivity contribution in [2.45, 2.75) is 44.4 Å². The first kappa shape index (κ1) is 12.7. The van der Waals surface area contributed by atoms with Gasteiger partial charge in [-0.1, -0.05) is 25.3 Å². The van der Waals surface area contributed by atoms with Crippen molar-refractivity contribution in [3.8, 4) is 0 Å². The molecule has 2 aromatic rings. The highest BCUT2D eigenvalue weighted by Gasteiger charge is 2.32. The molecule has 0 spiro atoms. The summed E-state index contributed by atoms with van der Waals surface area (Å²) in [6.45, 7) is 2.81. The smallest absolute Gasteiger partial charge is 0.106 e. The summed E-state index contributed by atoms with van der Waals surface area (Å²) in [4.78, 5) is 4.66. The van der Waals surface area contributed by atoms with E-state index >= 15 is 0 Å². The topological polar surface area (TPSA) is 43.8 Å². The summed E-state index contributed by atoms with van der Waals surface area (Å²) in [5.41, 5.74) is 10.0. The Labute approximate surface area is 114 Å². The van der Waals surface area contributed by atoms with Crippen LogP contribution in [0, 0.1) is 6.92 Å². The average molecular weight is 257 g/mol. The standard InChI is InChI=1S/C16H23N3/c1-12-18-14-10-13(6-7-15(14)19(12)2)16(11-17)8-4-3-5-9-16/h6-7,10H,3-5,8-9,11,17H2,1-2H3. The molecule has 1 fully saturated rings. The highest BCUT2D eigenvalue weighted by molar-refractivity contribution is 5.77. The van der Waals surface area contributed by atoms with E-state index in [1.807, 2.05) is 0 Å². The zero-order valence-corrected chi connectivity index (χ0v) is 11.9. The fourth-order valence-corrected chi connectivity index (χ4v) is 3.49. The molecule has 0 unspecified atom stereocenters. The van der Waals surface area contributed by atoms with E-state index in [4.69, 9.17) is 5.73 Å². The minimum atomic E-state index is 0.192. The van der Waals surface area contributed by atoms with Gasteiger partial charge in [-0.3, -0.25) is 0 Å². The lowest BCUT2D eigenvalue weighted by molar-refractivity contribution is 0.301. The number of hydrogen-bond acceptors (Lipinski definition) is 2. The fourth-order valence-electron chi connectivity index (χ4n) is 3.49. The van der Waals surface area contributed by atoms with E-state index in [1.165, 1.54) is 43.2 Å². The Bertz CT molecular complexity index is 591. The largest absolute Gasteiger partial charge is 0.331 e. The first-order valence-electron chi connectivity index (χ1n) is 7.30. The van der Waals surface area contributed by atoms with Crippen molar-refractivity contribution < 1.29 is 0 Å². The molecular formula is C16H23N3. The summed E-state index contributed by atoms with van der Waals surface area (Å²) >= 11 is 0. The lowest BCUT2D eigenvalue weighted by Gasteiger charge is -2.36. The van der Waals surface area contributed by atoms with E-state index < -0.39 is 0 Å². The Morgan fingerprint density at radius 1 is 1.26 bits per heavy atom. The van der Waals surface area contributed by atoms with Crippen LogP contribution < -0.4 is 5.73 Å². The first-order valence-corrected chi connectivity index (χ1v) is 7.30. The van der Waals surface area contributed by atoms with Gasteiger partial charge in [-0.2, -0.15) is 0 Å². The molecule has 3 heteroatoms. The molecule has 1 aliphatic rings. The maximum atomic E-state index is 6.12. The second kappa shape index (κ2) is 4.64. The van der Waals surface area contributed by atoms with Crippen LogP contribution in [0.5, 0.6) is 0 Å². The van der Waals surface area contributed by atoms with E-state index in [0.29, 0.717) is 0 Å². The summed E-state index contributed by atoms with van der Waals surface area (Å²) in [7, 11) is 2.07. The number of aromatic nitrogens is 2. The number of rotatable bonds is 2. The number of hydrogen-bond donors (Lipinski definition) is 1. The predicted octanol–water partition coefficient (Wildman–Crippen LogP) is 3.04. The molecule has 0 amide bonds. The van der Waals surface area contributed by atoms with Crippen LogP contribution in [0.2, 0.25) is 0 Å². The molecule has 1 saturated carbocycles. The molecule has 1 aliphatic carbocycles. The van der Waals surface area contributed by atoms with Crippen LogP contribution >= 0.6 is 0 Å². The van der Waals surface area contributed by atoms with Gasteiger partial charge in [-0.15, -0.1) is 0 Å². The number of fused-ring (bicyclic) bond motifs is 1. The van der Waals surface area contributed by atoms with Gasteiger partial charge in [-0.25, -0.2) is 4.98 Å². The van der Waals surface area contributed by atoms with Gasteiger partial charge in [0.05, 0.1) is 11.0 Å². The van der Waals surface area contributed by atoms with Crippen LogP contribution in [-0.2, 0) is 12.5 Å². The third-order valence-electron chi connectivity index (χ3n) is 4.92. The Morgan fingerprint density at radius 2 is 2.00 bits per heavy atom. The van der Waals surface area contributed by atoms with Crippen LogP contribution in [0.15, 0.2) is 18.2 Å². The van der Waals surface area contributed by atoms with E-state index in [2.05, 4.69) is 41.7 Å². The molecule has 0 radical (unpaired) electrons. The molecule has 1 aromatic heterocycles. The molecule has 19 heavy (non-hydrogen) atoms. The summed E-state index contributed by atoms with van der Waals surface area (Å²) in [6, 6.07) is 6.73. The molecule has 0 aliphatic heterocycles. The summed E-state index contributed by atoms with van der Waals surface area (Å²) in [5.74, 6) is 1.07. The Morgan fingerprint density at radius 3 is 2.68 bits per heavy atom. The number of nitrogens with two attached hydrogens (primary N) is 1. The quantitative estimate of drug-likeness (QED) is 0.898. The van der Waals surface area contributed by atoms with Gasteiger partial charge in [0.25, 0.3) is 0 Å². The third kappa shape index (κ3) is 1.96. The number of benzene rings is 1. The van der Waals surface area contributed by atoms with Gasteiger partial charge in [0.15, 0.2) is 0 Å². The lowest BCUT2D eigenvalue weighted by Crippen LogP contribution is -2.37. The van der Waals surface area contributed by atoms with Crippen LogP contribution in [0.3, 0.4) is 0 Å². The normalized spacial score (nSPS) is 18.9. The molecular weight excluding hydrogens is 234 g/mol. The number of nitrogens with zero attached hydrogens (tertiary/aromatic N) is 2. The SMILES string of the molecule is Cc1nc2cc(C3(CN)CCCCC3)ccc2n1C. The Hall–Kier alpha value is -1.35. The maximum Gasteiger partial charge on any atom is 0.106 e. The van der Waals surface area contributed by atoms with Crippen molar-refractivity contribution in [3.05, 3.63) is 29.6 Å². The summed E-state index contributed by atoms with van der Waals surface area (Å²) in [6.07, 6.45) is 6.40. The van der Waals surface area contributed by atoms with Crippen LogP contribution in [0.1, 0.15) is 43.5 Å². The van der Waals surface area contributed by atoms with Gasteiger partial charge < -0.3 is 10.3 Å². The molecule has 0 bridgehead atoms. The Kier molecular flexibility index (Phi) is 3.09. The zero-order valence-electron chi connectivity index (χ0n) is 11.9. The number of imidazole rings is 1. The van der Waals surface area contributed by atoms with Crippen LogP contribution in [-0.4, -0.2) is 16.1 Å². The van der Waals surface area contributed by atoms with E-state index in [9.17, 15) is 0 Å². The summed E-state index contributed by atoms with van der Waals surface area (Å²) < 4.78 is 2.15. The Balaban J connectivity index is 2.09. The fraction of sp³-hybridized carbons (Fsp3) is 0.562. The zero-order chi connectivity index (χ0) is 13.5. The second-order valence-corrected chi connectivity index (χ2v) is 5.97. The van der Waals surface area contributed by atoms with Crippen LogP contribution in [0.25, 0.3) is 11.0 Å². The van der Waals surface area contributed by atoms with E-state index in [-0.39, 0.29) is 5.41 Å². The first-order chi connectivity index (χ1) is 9.16. The average Bonchev–Trinajstić information content (AvgIpc) is 2.74. The molecule has 1 aromatic carbocycles. The van der Waals surface area contributed by atoms with E-state index in [0.717, 1.165) is 17.9 Å². The van der Waals surface area contributed by atoms with Gasteiger partial charge in [0.2, 0.25) is 0 Å². The van der Waals surface area contributed by atoms with Crippen LogP contribution in [0.4, 0.5) is 0 Å². The molecule has 102 valence electrons. The van der Waals surface area contributed by atoms with Gasteiger partial charge in [-0.05, 0) is 37.5 Å². The van der Waals surface area contributed by atoms with Crippen molar-refractivity contribution >= 4 is 11.0 Å². The third-order valence-corrected chi connectivity index (χ3v) is 4.92. The van der Waals surface area contributed by atoms with Crippen molar-refractivity contribution in [1.29, 1.82) is 0 Å². The van der Waals surface area contributed by atoms with Crippen molar-refractivity contribution in [3.63, 3.8) is 0 Å². The van der Waals surface area contributed by atoms with Gasteiger partial charge >= 0.3 is 0 Å². The highest BCUT2D eigenvalue weighted by Crippen LogP contribution is 2.39. The predicted molar refractivity (Wildman–Crippen MR) is 79.3 cm³/mol. The molecule has 0 saturated heterocycles. The molecule has 2 N–H and O–H groups in total. The minimum absolute atomic E-state index is 0.192. The maximum absolute atomic E-state index is 6.12. The van der Waals surface area contributed by atoms with Gasteiger partial charge in [0.1, 0.15) is 5.82 Å². The summed E-state index contributed by atoms with van der Waals surface area (Å²) in [5, 5.41) is 0. The molecule has 3 nitrogen and oxygen atoms in total. The van der Waals surface area contributed by atoms with Crippen molar-refractivity contribution in [2.24, 2.45) is 12.8 Å². The minimum Gasteiger partial charge on any atom is -0.331 e. The molecule has 0 atom stereocenters. The molecule has 1 heterocycles. The molecule has 3 rings (SSSR count). The van der Waals surface area contributed by atoms with Crippen molar-refractivity contribution in [1.82, 2.24) is 9.55 Å². The lowest BCUT2D eigenvalue weighted by atomic mass is 9.69. The van der Waals surface area contributed by atoms with Crippen molar-refractivity contribution in [2.75, 3.05) is 6.54 Å². The number of aryl methyl sites for hydroxylation is 2. The second-order valence-electron chi connectivity index (χ2n) is 5.97.